The molecule has 0 aliphatic carbocycles. The summed E-state index contributed by atoms with van der Waals surface area (Å²) in [5.41, 5.74) is 4.64. The fourth-order valence-electron chi connectivity index (χ4n) is 2.93. The molecule has 0 bridgehead atoms. The van der Waals surface area contributed by atoms with E-state index in [1.165, 1.54) is 5.56 Å². The van der Waals surface area contributed by atoms with E-state index in [-0.39, 0.29) is 23.2 Å². The predicted octanol–water partition coefficient (Wildman–Crippen LogP) is 4.31. The molecule has 1 aromatic heterocycles. The van der Waals surface area contributed by atoms with E-state index in [0.29, 0.717) is 12.2 Å². The molecular weight excluding hydrogens is 362 g/mol. The van der Waals surface area contributed by atoms with Crippen molar-refractivity contribution in [2.45, 2.75) is 26.7 Å². The van der Waals surface area contributed by atoms with Crippen LogP contribution >= 0.6 is 0 Å². The van der Waals surface area contributed by atoms with Crippen molar-refractivity contribution in [3.05, 3.63) is 94.8 Å². The summed E-state index contributed by atoms with van der Waals surface area (Å²) in [7, 11) is 0. The van der Waals surface area contributed by atoms with E-state index in [1.807, 2.05) is 50.2 Å². The Balaban J connectivity index is 1.55. The van der Waals surface area contributed by atoms with Crippen LogP contribution in [0, 0.1) is 13.8 Å². The van der Waals surface area contributed by atoms with Crippen LogP contribution in [-0.4, -0.2) is 23.3 Å². The molecule has 3 aromatic rings. The number of anilines is 1. The topological polar surface area (TPSA) is 71.1 Å². The van der Waals surface area contributed by atoms with Crippen LogP contribution < -0.4 is 10.6 Å². The van der Waals surface area contributed by atoms with E-state index in [4.69, 9.17) is 0 Å². The Morgan fingerprint density at radius 1 is 0.828 bits per heavy atom. The Morgan fingerprint density at radius 3 is 2.28 bits per heavy atom. The van der Waals surface area contributed by atoms with Gasteiger partial charge in [-0.2, -0.15) is 0 Å². The maximum Gasteiger partial charge on any atom is 0.274 e. The van der Waals surface area contributed by atoms with Gasteiger partial charge in [-0.1, -0.05) is 42.5 Å². The number of hydrogen-bond acceptors (Lipinski definition) is 3. The molecule has 0 aliphatic heterocycles. The van der Waals surface area contributed by atoms with Gasteiger partial charge in [0.2, 0.25) is 0 Å². The summed E-state index contributed by atoms with van der Waals surface area (Å²) < 4.78 is 0. The molecule has 2 N–H and O–H groups in total. The molecule has 0 spiro atoms. The second-order valence-corrected chi connectivity index (χ2v) is 7.01. The second-order valence-electron chi connectivity index (χ2n) is 7.01. The molecule has 1 heterocycles. The number of carbonyl (C=O) groups excluding carboxylic acids is 2. The van der Waals surface area contributed by atoms with Crippen LogP contribution in [0.3, 0.4) is 0 Å². The van der Waals surface area contributed by atoms with Gasteiger partial charge < -0.3 is 10.6 Å². The molecule has 2 amide bonds. The van der Waals surface area contributed by atoms with Gasteiger partial charge in [-0.15, -0.1) is 0 Å². The normalized spacial score (nSPS) is 10.4. The smallest absolute Gasteiger partial charge is 0.274 e. The molecule has 29 heavy (non-hydrogen) atoms. The second kappa shape index (κ2) is 9.64. The van der Waals surface area contributed by atoms with Gasteiger partial charge in [0.05, 0.1) is 0 Å². The Morgan fingerprint density at radius 2 is 1.55 bits per heavy atom. The average molecular weight is 387 g/mol. The van der Waals surface area contributed by atoms with Gasteiger partial charge in [-0.3, -0.25) is 9.59 Å². The summed E-state index contributed by atoms with van der Waals surface area (Å²) >= 11 is 0. The molecule has 0 fully saturated rings. The first-order valence-electron chi connectivity index (χ1n) is 9.71. The van der Waals surface area contributed by atoms with Gasteiger partial charge in [0.15, 0.2) is 0 Å². The molecular formula is C24H25N3O2. The Labute approximate surface area is 171 Å². The van der Waals surface area contributed by atoms with Crippen molar-refractivity contribution in [3.8, 4) is 0 Å². The molecule has 0 unspecified atom stereocenters. The van der Waals surface area contributed by atoms with Crippen LogP contribution in [0.5, 0.6) is 0 Å². The Hall–Kier alpha value is -3.47. The SMILES string of the molecule is Cc1ccc(NC(=O)c2cccc(C(=O)NCCCc3ccccc3)n2)cc1C. The first-order chi connectivity index (χ1) is 14.0. The van der Waals surface area contributed by atoms with Crippen LogP contribution in [-0.2, 0) is 6.42 Å². The number of rotatable bonds is 7. The fourth-order valence-corrected chi connectivity index (χ4v) is 2.93. The third-order valence-corrected chi connectivity index (χ3v) is 4.75. The lowest BCUT2D eigenvalue weighted by Crippen LogP contribution is -2.26. The number of aryl methyl sites for hydroxylation is 3. The highest BCUT2D eigenvalue weighted by molar-refractivity contribution is 6.03. The Bertz CT molecular complexity index is 1000. The minimum Gasteiger partial charge on any atom is -0.351 e. The van der Waals surface area contributed by atoms with Crippen LogP contribution in [0.25, 0.3) is 0 Å². The number of pyridine rings is 1. The summed E-state index contributed by atoms with van der Waals surface area (Å²) in [6.07, 6.45) is 1.73. The highest BCUT2D eigenvalue weighted by Gasteiger charge is 2.12. The van der Waals surface area contributed by atoms with Crippen molar-refractivity contribution in [3.63, 3.8) is 0 Å². The maximum absolute atomic E-state index is 12.5. The lowest BCUT2D eigenvalue weighted by molar-refractivity contribution is 0.0948. The van der Waals surface area contributed by atoms with Gasteiger partial charge in [-0.05, 0) is 67.6 Å². The summed E-state index contributed by atoms with van der Waals surface area (Å²) in [6, 6.07) is 20.7. The molecule has 0 aliphatic rings. The highest BCUT2D eigenvalue weighted by atomic mass is 16.2. The first kappa shape index (κ1) is 20.3. The van der Waals surface area contributed by atoms with Crippen LogP contribution in [0.15, 0.2) is 66.7 Å². The standard InChI is InChI=1S/C24H25N3O2/c1-17-13-14-20(16-18(17)2)26-24(29)22-12-6-11-21(27-22)23(28)25-15-7-10-19-8-4-3-5-9-19/h3-6,8-9,11-14,16H,7,10,15H2,1-2H3,(H,25,28)(H,26,29). The number of hydrogen-bond donors (Lipinski definition) is 2. The van der Waals surface area contributed by atoms with Gasteiger partial charge >= 0.3 is 0 Å². The number of carbonyl (C=O) groups is 2. The summed E-state index contributed by atoms with van der Waals surface area (Å²) in [5.74, 6) is -0.620. The van der Waals surface area contributed by atoms with E-state index >= 15 is 0 Å². The molecule has 148 valence electrons. The van der Waals surface area contributed by atoms with Crippen molar-refractivity contribution in [1.29, 1.82) is 0 Å². The van der Waals surface area contributed by atoms with E-state index in [1.54, 1.807) is 18.2 Å². The third kappa shape index (κ3) is 5.75. The minimum absolute atomic E-state index is 0.208. The van der Waals surface area contributed by atoms with Crippen molar-refractivity contribution in [2.75, 3.05) is 11.9 Å². The van der Waals surface area contributed by atoms with Crippen LogP contribution in [0.1, 0.15) is 44.1 Å². The zero-order valence-electron chi connectivity index (χ0n) is 16.7. The summed E-state index contributed by atoms with van der Waals surface area (Å²) in [4.78, 5) is 29.1. The maximum atomic E-state index is 12.5. The highest BCUT2D eigenvalue weighted by Crippen LogP contribution is 2.15. The molecule has 0 atom stereocenters. The number of nitrogens with one attached hydrogen (secondary N) is 2. The third-order valence-electron chi connectivity index (χ3n) is 4.75. The number of benzene rings is 2. The molecule has 0 radical (unpaired) electrons. The summed E-state index contributed by atoms with van der Waals surface area (Å²) in [5, 5.41) is 5.70. The van der Waals surface area contributed by atoms with E-state index < -0.39 is 0 Å². The molecule has 0 saturated carbocycles. The zero-order valence-corrected chi connectivity index (χ0v) is 16.7. The van der Waals surface area contributed by atoms with Crippen molar-refractivity contribution in [1.82, 2.24) is 10.3 Å². The van der Waals surface area contributed by atoms with Gasteiger partial charge in [-0.25, -0.2) is 4.98 Å². The minimum atomic E-state index is -0.341. The van der Waals surface area contributed by atoms with Crippen molar-refractivity contribution >= 4 is 17.5 Å². The van der Waals surface area contributed by atoms with Crippen molar-refractivity contribution < 1.29 is 9.59 Å². The number of nitrogens with zero attached hydrogens (tertiary/aromatic N) is 1. The summed E-state index contributed by atoms with van der Waals surface area (Å²) in [6.45, 7) is 4.56. The molecule has 3 rings (SSSR count). The average Bonchev–Trinajstić information content (AvgIpc) is 2.74. The van der Waals surface area contributed by atoms with Gasteiger partial charge in [0, 0.05) is 12.2 Å². The van der Waals surface area contributed by atoms with Crippen LogP contribution in [0.2, 0.25) is 0 Å². The van der Waals surface area contributed by atoms with Gasteiger partial charge in [0.1, 0.15) is 11.4 Å². The molecule has 5 heteroatoms. The van der Waals surface area contributed by atoms with Crippen LogP contribution in [0.4, 0.5) is 5.69 Å². The van der Waals surface area contributed by atoms with Crippen molar-refractivity contribution in [2.24, 2.45) is 0 Å². The zero-order chi connectivity index (χ0) is 20.6. The van der Waals surface area contributed by atoms with E-state index in [2.05, 4.69) is 27.8 Å². The lowest BCUT2D eigenvalue weighted by atomic mass is 10.1. The monoisotopic (exact) mass is 387 g/mol. The first-order valence-corrected chi connectivity index (χ1v) is 9.71. The van der Waals surface area contributed by atoms with Gasteiger partial charge in [0.25, 0.3) is 11.8 Å². The fraction of sp³-hybridized carbons (Fsp3) is 0.208. The van der Waals surface area contributed by atoms with E-state index in [0.717, 1.165) is 24.0 Å². The quantitative estimate of drug-likeness (QED) is 0.593. The largest absolute Gasteiger partial charge is 0.351 e. The molecule has 0 saturated heterocycles. The molecule has 2 aromatic carbocycles. The number of amides is 2. The van der Waals surface area contributed by atoms with E-state index in [9.17, 15) is 9.59 Å². The number of aromatic nitrogens is 1. The lowest BCUT2D eigenvalue weighted by Gasteiger charge is -2.09. The Kier molecular flexibility index (Phi) is 6.74. The molecule has 5 nitrogen and oxygen atoms in total. The predicted molar refractivity (Wildman–Crippen MR) is 115 cm³/mol.